The highest BCUT2D eigenvalue weighted by atomic mass is 127. The van der Waals surface area contributed by atoms with Gasteiger partial charge in [-0.2, -0.15) is 0 Å². The molecule has 2 aromatic carbocycles. The van der Waals surface area contributed by atoms with Crippen molar-refractivity contribution in [2.45, 2.75) is 43.8 Å². The minimum Gasteiger partial charge on any atom is -0.352 e. The lowest BCUT2D eigenvalue weighted by Gasteiger charge is -2.13. The summed E-state index contributed by atoms with van der Waals surface area (Å²) >= 11 is 0. The first-order valence-corrected chi connectivity index (χ1v) is 10.7. The van der Waals surface area contributed by atoms with Gasteiger partial charge in [0.2, 0.25) is 10.0 Å². The van der Waals surface area contributed by atoms with E-state index in [-0.39, 0.29) is 40.7 Å². The molecular formula is C20H26FIN4O2S. The Morgan fingerprint density at radius 3 is 2.21 bits per heavy atom. The lowest BCUT2D eigenvalue weighted by molar-refractivity contribution is 0.581. The summed E-state index contributed by atoms with van der Waals surface area (Å²) in [7, 11) is -1.76. The van der Waals surface area contributed by atoms with Gasteiger partial charge in [0.05, 0.1) is 4.90 Å². The van der Waals surface area contributed by atoms with Crippen LogP contribution in [0.1, 0.15) is 29.5 Å². The minimum atomic E-state index is -3.43. The molecule has 1 aliphatic rings. The van der Waals surface area contributed by atoms with Gasteiger partial charge in [0.1, 0.15) is 5.82 Å². The third kappa shape index (κ3) is 6.93. The van der Waals surface area contributed by atoms with Gasteiger partial charge in [-0.1, -0.05) is 24.3 Å². The Bertz CT molecular complexity index is 961. The quantitative estimate of drug-likeness (QED) is 0.291. The van der Waals surface area contributed by atoms with Gasteiger partial charge in [-0.25, -0.2) is 17.5 Å². The molecule has 0 saturated heterocycles. The number of nitrogens with zero attached hydrogens (tertiary/aromatic N) is 1. The minimum absolute atomic E-state index is 0. The third-order valence-corrected chi connectivity index (χ3v) is 6.04. The van der Waals surface area contributed by atoms with E-state index in [1.54, 1.807) is 50.4 Å². The number of aryl methyl sites for hydroxylation is 1. The van der Waals surface area contributed by atoms with Crippen LogP contribution in [0.15, 0.2) is 52.4 Å². The molecule has 0 atom stereocenters. The first-order valence-electron chi connectivity index (χ1n) is 9.18. The maximum absolute atomic E-state index is 13.3. The molecule has 158 valence electrons. The molecule has 6 nitrogen and oxygen atoms in total. The van der Waals surface area contributed by atoms with E-state index in [0.717, 1.165) is 24.0 Å². The number of guanidine groups is 1. The van der Waals surface area contributed by atoms with Crippen molar-refractivity contribution < 1.29 is 12.8 Å². The van der Waals surface area contributed by atoms with Gasteiger partial charge in [0, 0.05) is 26.2 Å². The Balaban J connectivity index is 0.00000300. The number of benzene rings is 2. The van der Waals surface area contributed by atoms with Crippen molar-refractivity contribution in [2.24, 2.45) is 4.99 Å². The van der Waals surface area contributed by atoms with Crippen LogP contribution < -0.4 is 15.4 Å². The van der Waals surface area contributed by atoms with Gasteiger partial charge in [-0.05, 0) is 54.7 Å². The molecule has 0 aromatic heterocycles. The maximum atomic E-state index is 13.3. The summed E-state index contributed by atoms with van der Waals surface area (Å²) in [5, 5.41) is 6.36. The third-order valence-electron chi connectivity index (χ3n) is 4.50. The van der Waals surface area contributed by atoms with Gasteiger partial charge in [-0.3, -0.25) is 4.99 Å². The number of nitrogens with one attached hydrogen (secondary N) is 3. The zero-order valence-corrected chi connectivity index (χ0v) is 19.6. The van der Waals surface area contributed by atoms with Crippen molar-refractivity contribution in [3.8, 4) is 0 Å². The van der Waals surface area contributed by atoms with Gasteiger partial charge in [0.25, 0.3) is 0 Å². The molecule has 29 heavy (non-hydrogen) atoms. The van der Waals surface area contributed by atoms with Crippen LogP contribution in [0.2, 0.25) is 0 Å². The fraction of sp³-hybridized carbons (Fsp3) is 0.350. The lowest BCUT2D eigenvalue weighted by Crippen LogP contribution is -2.36. The van der Waals surface area contributed by atoms with Crippen molar-refractivity contribution in [3.63, 3.8) is 0 Å². The summed E-state index contributed by atoms with van der Waals surface area (Å²) in [6.07, 6.45) is 1.82. The zero-order chi connectivity index (χ0) is 20.1. The molecule has 3 N–H and O–H groups in total. The monoisotopic (exact) mass is 532 g/mol. The average molecular weight is 532 g/mol. The van der Waals surface area contributed by atoms with Crippen LogP contribution in [0.3, 0.4) is 0 Å². The normalized spacial score (nSPS) is 14.2. The first-order chi connectivity index (χ1) is 13.4. The second-order valence-corrected chi connectivity index (χ2v) is 8.62. The molecule has 1 fully saturated rings. The van der Waals surface area contributed by atoms with Crippen LogP contribution in [0.25, 0.3) is 0 Å². The summed E-state index contributed by atoms with van der Waals surface area (Å²) in [5.74, 6) is 0.387. The highest BCUT2D eigenvalue weighted by molar-refractivity contribution is 14.0. The van der Waals surface area contributed by atoms with Crippen molar-refractivity contribution >= 4 is 40.0 Å². The summed E-state index contributed by atoms with van der Waals surface area (Å²) in [6, 6.07) is 11.9. The van der Waals surface area contributed by atoms with E-state index < -0.39 is 10.0 Å². The average Bonchev–Trinajstić information content (AvgIpc) is 3.48. The number of aliphatic imine (C=N–C) groups is 1. The predicted molar refractivity (Wildman–Crippen MR) is 123 cm³/mol. The van der Waals surface area contributed by atoms with Crippen LogP contribution in [0.4, 0.5) is 4.39 Å². The fourth-order valence-electron chi connectivity index (χ4n) is 2.68. The topological polar surface area (TPSA) is 82.6 Å². The maximum Gasteiger partial charge on any atom is 0.240 e. The standard InChI is InChI=1S/C20H25FN4O2S.HI/c1-14-11-16(5-10-19(14)21)13-24-20(22-2)23-12-15-3-8-18(9-4-15)28(26,27)25-17-6-7-17;/h3-5,8-11,17,25H,6-7,12-13H2,1-2H3,(H2,22,23,24);1H. The molecule has 0 radical (unpaired) electrons. The molecule has 3 rings (SSSR count). The van der Waals surface area contributed by atoms with Crippen LogP contribution in [0, 0.1) is 12.7 Å². The number of halogens is 2. The Labute approximate surface area is 188 Å². The number of rotatable bonds is 7. The van der Waals surface area contributed by atoms with E-state index in [0.29, 0.717) is 24.6 Å². The zero-order valence-electron chi connectivity index (χ0n) is 16.4. The Kier molecular flexibility index (Phi) is 8.41. The summed E-state index contributed by atoms with van der Waals surface area (Å²) in [6.45, 7) is 2.75. The van der Waals surface area contributed by atoms with E-state index in [2.05, 4.69) is 20.3 Å². The SMILES string of the molecule is CN=C(NCc1ccc(S(=O)(=O)NC2CC2)cc1)NCc1ccc(F)c(C)c1.I. The Morgan fingerprint density at radius 1 is 1.07 bits per heavy atom. The van der Waals surface area contributed by atoms with Crippen molar-refractivity contribution in [1.82, 2.24) is 15.4 Å². The van der Waals surface area contributed by atoms with Crippen LogP contribution in [-0.2, 0) is 23.1 Å². The summed E-state index contributed by atoms with van der Waals surface area (Å²) in [5.41, 5.74) is 2.50. The fourth-order valence-corrected chi connectivity index (χ4v) is 3.99. The number of hydrogen-bond donors (Lipinski definition) is 3. The second kappa shape index (κ2) is 10.4. The van der Waals surface area contributed by atoms with Crippen molar-refractivity contribution in [2.75, 3.05) is 7.05 Å². The predicted octanol–water partition coefficient (Wildman–Crippen LogP) is 3.06. The molecule has 0 heterocycles. The molecule has 1 saturated carbocycles. The van der Waals surface area contributed by atoms with Crippen molar-refractivity contribution in [1.29, 1.82) is 0 Å². The molecule has 0 unspecified atom stereocenters. The Morgan fingerprint density at radius 2 is 1.66 bits per heavy atom. The number of sulfonamides is 1. The number of hydrogen-bond acceptors (Lipinski definition) is 3. The van der Waals surface area contributed by atoms with Gasteiger partial charge < -0.3 is 10.6 Å². The summed E-state index contributed by atoms with van der Waals surface area (Å²) in [4.78, 5) is 4.44. The summed E-state index contributed by atoms with van der Waals surface area (Å²) < 4.78 is 40.4. The van der Waals surface area contributed by atoms with E-state index in [1.165, 1.54) is 6.07 Å². The van der Waals surface area contributed by atoms with Crippen LogP contribution in [-0.4, -0.2) is 27.5 Å². The van der Waals surface area contributed by atoms with E-state index in [1.807, 2.05) is 0 Å². The second-order valence-electron chi connectivity index (χ2n) is 6.90. The molecule has 2 aromatic rings. The van der Waals surface area contributed by atoms with Crippen LogP contribution >= 0.6 is 24.0 Å². The molecule has 9 heteroatoms. The van der Waals surface area contributed by atoms with Crippen molar-refractivity contribution in [3.05, 3.63) is 65.0 Å². The Hall–Kier alpha value is -1.72. The largest absolute Gasteiger partial charge is 0.352 e. The highest BCUT2D eigenvalue weighted by Crippen LogP contribution is 2.22. The highest BCUT2D eigenvalue weighted by Gasteiger charge is 2.27. The smallest absolute Gasteiger partial charge is 0.240 e. The molecule has 0 amide bonds. The molecule has 0 bridgehead atoms. The first kappa shape index (κ1) is 23.6. The van der Waals surface area contributed by atoms with E-state index >= 15 is 0 Å². The van der Waals surface area contributed by atoms with Gasteiger partial charge >= 0.3 is 0 Å². The van der Waals surface area contributed by atoms with E-state index in [9.17, 15) is 12.8 Å². The molecule has 1 aliphatic carbocycles. The van der Waals surface area contributed by atoms with Crippen LogP contribution in [0.5, 0.6) is 0 Å². The van der Waals surface area contributed by atoms with Gasteiger partial charge in [0.15, 0.2) is 5.96 Å². The lowest BCUT2D eigenvalue weighted by atomic mass is 10.1. The molecule has 0 aliphatic heterocycles. The van der Waals surface area contributed by atoms with Gasteiger partial charge in [-0.15, -0.1) is 24.0 Å². The van der Waals surface area contributed by atoms with E-state index in [4.69, 9.17) is 0 Å². The molecular weight excluding hydrogens is 506 g/mol. The molecule has 0 spiro atoms.